The zero-order valence-corrected chi connectivity index (χ0v) is 26.3. The molecule has 0 saturated heterocycles. The predicted molar refractivity (Wildman–Crippen MR) is 159 cm³/mol. The summed E-state index contributed by atoms with van der Waals surface area (Å²) in [6.07, 6.45) is 2.64. The highest BCUT2D eigenvalue weighted by atomic mass is 16.6. The second-order valence-electron chi connectivity index (χ2n) is 11.5. The largest absolute Gasteiger partial charge is 0.464 e. The molecule has 2 atom stereocenters. The Morgan fingerprint density at radius 1 is 1.00 bits per heavy atom. The van der Waals surface area contributed by atoms with Gasteiger partial charge in [-0.3, -0.25) is 9.59 Å². The number of nitrogens with zero attached hydrogens (tertiary/aromatic N) is 1. The number of rotatable bonds is 14. The van der Waals surface area contributed by atoms with Crippen LogP contribution in [0.1, 0.15) is 81.2 Å². The second-order valence-corrected chi connectivity index (χ2v) is 11.5. The fraction of sp³-hybridized carbons (Fsp3) is 0.656. The van der Waals surface area contributed by atoms with Gasteiger partial charge < -0.3 is 19.7 Å². The minimum atomic E-state index is -0.399. The van der Waals surface area contributed by atoms with E-state index in [1.54, 1.807) is 18.9 Å². The van der Waals surface area contributed by atoms with Crippen molar-refractivity contribution in [2.24, 2.45) is 17.8 Å². The quantitative estimate of drug-likeness (QED) is 0.236. The standard InChI is InChI=1S/C28H44N2O5.C4H10/c1-9-23(28(6,7)22-14-12-11-13-15-22)27(33)29-17-25(31)30(8)24(20(3)4)16-21(5)18-34-19-26(32)35-10-2;1-4(2)3/h11-16,20,23-24H,9-10,17-19H2,1-8H3,(H,29,33);4H,1-3H3/b21-16+;/t23-,24-;/m1./s1. The van der Waals surface area contributed by atoms with E-state index >= 15 is 0 Å². The highest BCUT2D eigenvalue weighted by molar-refractivity contribution is 5.86. The van der Waals surface area contributed by atoms with E-state index in [0.717, 1.165) is 17.1 Å². The molecule has 0 bridgehead atoms. The zero-order chi connectivity index (χ0) is 30.2. The molecule has 0 unspecified atom stereocenters. The zero-order valence-electron chi connectivity index (χ0n) is 26.3. The number of hydrogen-bond acceptors (Lipinski definition) is 5. The Morgan fingerprint density at radius 3 is 2.05 bits per heavy atom. The summed E-state index contributed by atoms with van der Waals surface area (Å²) in [6.45, 7) is 20.8. The van der Waals surface area contributed by atoms with Crippen molar-refractivity contribution >= 4 is 17.8 Å². The average Bonchev–Trinajstić information content (AvgIpc) is 2.85. The lowest BCUT2D eigenvalue weighted by Crippen LogP contribution is -2.47. The highest BCUT2D eigenvalue weighted by Gasteiger charge is 2.35. The summed E-state index contributed by atoms with van der Waals surface area (Å²) in [6, 6.07) is 9.81. The molecule has 1 aromatic rings. The highest BCUT2D eigenvalue weighted by Crippen LogP contribution is 2.33. The first-order valence-electron chi connectivity index (χ1n) is 14.2. The molecule has 0 aliphatic heterocycles. The van der Waals surface area contributed by atoms with Crippen molar-refractivity contribution in [1.82, 2.24) is 10.2 Å². The SMILES string of the molecule is CC(C)C.CCOC(=O)COC/C(C)=C/[C@H](C(C)C)N(C)C(=O)CNC(=O)[C@@H](CC)C(C)(C)c1ccccc1. The molecule has 0 heterocycles. The molecule has 0 spiro atoms. The molecule has 0 aliphatic carbocycles. The number of hydrogen-bond donors (Lipinski definition) is 1. The smallest absolute Gasteiger partial charge is 0.332 e. The van der Waals surface area contributed by atoms with Gasteiger partial charge in [-0.05, 0) is 43.2 Å². The lowest BCUT2D eigenvalue weighted by atomic mass is 9.71. The van der Waals surface area contributed by atoms with Crippen LogP contribution in [0.5, 0.6) is 0 Å². The topological polar surface area (TPSA) is 84.9 Å². The first-order chi connectivity index (χ1) is 18.2. The van der Waals surface area contributed by atoms with Gasteiger partial charge in [0.25, 0.3) is 0 Å². The van der Waals surface area contributed by atoms with Gasteiger partial charge in [0.1, 0.15) is 6.61 Å². The lowest BCUT2D eigenvalue weighted by Gasteiger charge is -2.34. The Labute approximate surface area is 237 Å². The molecular weight excluding hydrogens is 492 g/mol. The number of likely N-dealkylation sites (N-methyl/N-ethyl adjacent to an activating group) is 1. The Morgan fingerprint density at radius 2 is 1.56 bits per heavy atom. The summed E-state index contributed by atoms with van der Waals surface area (Å²) in [4.78, 5) is 39.1. The molecule has 0 radical (unpaired) electrons. The Hall–Kier alpha value is -2.67. The molecule has 7 heteroatoms. The second kappa shape index (κ2) is 18.6. The van der Waals surface area contributed by atoms with Crippen molar-refractivity contribution < 1.29 is 23.9 Å². The van der Waals surface area contributed by atoms with Crippen LogP contribution in [0, 0.1) is 17.8 Å². The van der Waals surface area contributed by atoms with E-state index in [4.69, 9.17) is 9.47 Å². The van der Waals surface area contributed by atoms with Crippen LogP contribution in [-0.4, -0.2) is 62.1 Å². The number of amides is 2. The van der Waals surface area contributed by atoms with Crippen LogP contribution in [0.3, 0.4) is 0 Å². The first kappa shape index (κ1) is 36.3. The summed E-state index contributed by atoms with van der Waals surface area (Å²) >= 11 is 0. The third-order valence-corrected chi connectivity index (χ3v) is 6.36. The van der Waals surface area contributed by atoms with Crippen molar-refractivity contribution in [2.75, 3.05) is 33.4 Å². The van der Waals surface area contributed by atoms with Crippen LogP contribution in [0.25, 0.3) is 0 Å². The summed E-state index contributed by atoms with van der Waals surface area (Å²) in [5.74, 6) is 0.0384. The average molecular weight is 547 g/mol. The summed E-state index contributed by atoms with van der Waals surface area (Å²) < 4.78 is 10.3. The maximum Gasteiger partial charge on any atom is 0.332 e. The molecule has 7 nitrogen and oxygen atoms in total. The third kappa shape index (κ3) is 13.8. The molecule has 0 aromatic heterocycles. The normalized spacial score (nSPS) is 13.3. The van der Waals surface area contributed by atoms with Gasteiger partial charge in [-0.2, -0.15) is 0 Å². The van der Waals surface area contributed by atoms with Crippen molar-refractivity contribution in [3.63, 3.8) is 0 Å². The number of nitrogens with one attached hydrogen (secondary N) is 1. The van der Waals surface area contributed by atoms with E-state index < -0.39 is 5.97 Å². The Kier molecular flexibility index (Phi) is 17.3. The molecule has 39 heavy (non-hydrogen) atoms. The summed E-state index contributed by atoms with van der Waals surface area (Å²) in [7, 11) is 1.74. The van der Waals surface area contributed by atoms with Gasteiger partial charge in [0.15, 0.2) is 0 Å². The predicted octanol–water partition coefficient (Wildman–Crippen LogP) is 5.78. The molecule has 1 aromatic carbocycles. The van der Waals surface area contributed by atoms with Gasteiger partial charge in [0.2, 0.25) is 11.8 Å². The molecule has 1 N–H and O–H groups in total. The van der Waals surface area contributed by atoms with Gasteiger partial charge in [0, 0.05) is 18.4 Å². The van der Waals surface area contributed by atoms with E-state index in [-0.39, 0.29) is 54.9 Å². The first-order valence-corrected chi connectivity index (χ1v) is 14.2. The van der Waals surface area contributed by atoms with Gasteiger partial charge in [-0.1, -0.05) is 91.8 Å². The molecule has 0 aliphatic rings. The minimum Gasteiger partial charge on any atom is -0.464 e. The van der Waals surface area contributed by atoms with E-state index in [1.807, 2.05) is 64.1 Å². The Bertz CT molecular complexity index is 890. The van der Waals surface area contributed by atoms with E-state index in [9.17, 15) is 14.4 Å². The van der Waals surface area contributed by atoms with Crippen LogP contribution in [0.4, 0.5) is 0 Å². The Balaban J connectivity index is 0.00000336. The maximum absolute atomic E-state index is 13.1. The lowest BCUT2D eigenvalue weighted by molar-refractivity contribution is -0.148. The summed E-state index contributed by atoms with van der Waals surface area (Å²) in [5.41, 5.74) is 1.64. The maximum atomic E-state index is 13.1. The van der Waals surface area contributed by atoms with Gasteiger partial charge in [-0.15, -0.1) is 0 Å². The fourth-order valence-electron chi connectivity index (χ4n) is 4.26. The molecule has 222 valence electrons. The number of esters is 1. The molecule has 0 saturated carbocycles. The van der Waals surface area contributed by atoms with Crippen LogP contribution in [0.2, 0.25) is 0 Å². The van der Waals surface area contributed by atoms with E-state index in [0.29, 0.717) is 13.0 Å². The molecular formula is C32H54N2O5. The van der Waals surface area contributed by atoms with Crippen molar-refractivity contribution in [3.05, 3.63) is 47.5 Å². The van der Waals surface area contributed by atoms with Crippen LogP contribution < -0.4 is 5.32 Å². The number of carbonyl (C=O) groups is 3. The van der Waals surface area contributed by atoms with E-state index in [2.05, 4.69) is 39.9 Å². The van der Waals surface area contributed by atoms with Crippen molar-refractivity contribution in [3.8, 4) is 0 Å². The fourth-order valence-corrected chi connectivity index (χ4v) is 4.26. The minimum absolute atomic E-state index is 0.0633. The number of carbonyl (C=O) groups excluding carboxylic acids is 3. The number of ether oxygens (including phenoxy) is 2. The van der Waals surface area contributed by atoms with Gasteiger partial charge >= 0.3 is 5.97 Å². The third-order valence-electron chi connectivity index (χ3n) is 6.36. The molecule has 1 rings (SSSR count). The number of benzene rings is 1. The van der Waals surface area contributed by atoms with E-state index in [1.165, 1.54) is 0 Å². The summed E-state index contributed by atoms with van der Waals surface area (Å²) in [5, 5.41) is 2.87. The molecule has 0 fully saturated rings. The molecule has 2 amide bonds. The van der Waals surface area contributed by atoms with Crippen molar-refractivity contribution in [2.45, 2.75) is 87.1 Å². The van der Waals surface area contributed by atoms with Gasteiger partial charge in [0.05, 0.1) is 25.8 Å². The monoisotopic (exact) mass is 546 g/mol. The van der Waals surface area contributed by atoms with Crippen LogP contribution in [-0.2, 0) is 29.3 Å². The van der Waals surface area contributed by atoms with Gasteiger partial charge in [-0.25, -0.2) is 4.79 Å². The van der Waals surface area contributed by atoms with Crippen LogP contribution >= 0.6 is 0 Å². The van der Waals surface area contributed by atoms with Crippen LogP contribution in [0.15, 0.2) is 42.0 Å². The van der Waals surface area contributed by atoms with Crippen molar-refractivity contribution in [1.29, 1.82) is 0 Å².